The molecular formula is C24H29N3OS. The predicted molar refractivity (Wildman–Crippen MR) is 124 cm³/mol. The minimum Gasteiger partial charge on any atom is -0.350 e. The van der Waals surface area contributed by atoms with Gasteiger partial charge in [0, 0.05) is 22.3 Å². The molecule has 1 aliphatic carbocycles. The van der Waals surface area contributed by atoms with Crippen molar-refractivity contribution in [2.24, 2.45) is 0 Å². The standard InChI is InChI=1S/C24H29N3OS/c1-3-4-14-29-27-18-12-13-22-20(15-18)16(2)23(25-22)24(28)26-21-11-7-9-17-8-5-6-10-19(17)21/h5-6,8,10,12-13,15,21,25,27H,3-4,7,9,11,14H2,1-2H3,(H,26,28). The molecule has 0 bridgehead atoms. The largest absolute Gasteiger partial charge is 0.350 e. The zero-order valence-corrected chi connectivity index (χ0v) is 18.0. The molecule has 5 heteroatoms. The number of hydrogen-bond acceptors (Lipinski definition) is 3. The minimum absolute atomic E-state index is 0.0211. The second kappa shape index (κ2) is 8.95. The van der Waals surface area contributed by atoms with Gasteiger partial charge in [0.15, 0.2) is 0 Å². The zero-order chi connectivity index (χ0) is 20.2. The lowest BCUT2D eigenvalue weighted by Crippen LogP contribution is -2.31. The molecule has 1 heterocycles. The molecule has 29 heavy (non-hydrogen) atoms. The van der Waals surface area contributed by atoms with Crippen LogP contribution in [0, 0.1) is 6.92 Å². The Bertz CT molecular complexity index is 1010. The maximum atomic E-state index is 13.1. The number of hydrogen-bond donors (Lipinski definition) is 3. The number of carbonyl (C=O) groups is 1. The van der Waals surface area contributed by atoms with Crippen molar-refractivity contribution >= 4 is 34.4 Å². The van der Waals surface area contributed by atoms with Crippen LogP contribution in [0.15, 0.2) is 42.5 Å². The number of aromatic amines is 1. The summed E-state index contributed by atoms with van der Waals surface area (Å²) in [5, 5.41) is 4.36. The van der Waals surface area contributed by atoms with E-state index in [1.807, 2.05) is 6.92 Å². The van der Waals surface area contributed by atoms with E-state index >= 15 is 0 Å². The Balaban J connectivity index is 1.52. The molecular weight excluding hydrogens is 378 g/mol. The van der Waals surface area contributed by atoms with E-state index in [0.717, 1.165) is 47.2 Å². The summed E-state index contributed by atoms with van der Waals surface area (Å²) in [5.74, 6) is 1.07. The van der Waals surface area contributed by atoms with Crippen molar-refractivity contribution in [2.45, 2.75) is 52.0 Å². The molecule has 0 radical (unpaired) electrons. The van der Waals surface area contributed by atoms with Crippen LogP contribution in [0.5, 0.6) is 0 Å². The Morgan fingerprint density at radius 3 is 2.97 bits per heavy atom. The second-order valence-electron chi connectivity index (χ2n) is 7.81. The second-order valence-corrected chi connectivity index (χ2v) is 8.71. The van der Waals surface area contributed by atoms with Gasteiger partial charge >= 0.3 is 0 Å². The number of benzene rings is 2. The molecule has 0 spiro atoms. The van der Waals surface area contributed by atoms with E-state index in [9.17, 15) is 4.79 Å². The third-order valence-corrected chi connectivity index (χ3v) is 6.62. The van der Waals surface area contributed by atoms with Crippen molar-refractivity contribution in [3.8, 4) is 0 Å². The first-order chi connectivity index (χ1) is 14.2. The average Bonchev–Trinajstić information content (AvgIpc) is 3.08. The van der Waals surface area contributed by atoms with Crippen molar-refractivity contribution in [3.05, 3.63) is 64.8 Å². The number of H-pyrrole nitrogens is 1. The lowest BCUT2D eigenvalue weighted by Gasteiger charge is -2.26. The Kier molecular flexibility index (Phi) is 6.14. The van der Waals surface area contributed by atoms with E-state index in [0.29, 0.717) is 5.69 Å². The molecule has 3 N–H and O–H groups in total. The van der Waals surface area contributed by atoms with Crippen LogP contribution < -0.4 is 10.0 Å². The fraction of sp³-hybridized carbons (Fsp3) is 0.375. The number of aromatic nitrogens is 1. The van der Waals surface area contributed by atoms with Crippen molar-refractivity contribution in [1.29, 1.82) is 0 Å². The number of aryl methyl sites for hydroxylation is 2. The summed E-state index contributed by atoms with van der Waals surface area (Å²) < 4.78 is 3.42. The van der Waals surface area contributed by atoms with E-state index in [-0.39, 0.29) is 11.9 Å². The highest BCUT2D eigenvalue weighted by atomic mass is 32.2. The SMILES string of the molecule is CCCCSNc1ccc2[nH]c(C(=O)NC3CCCc4ccccc43)c(C)c2c1. The Morgan fingerprint density at radius 1 is 1.24 bits per heavy atom. The molecule has 2 aromatic carbocycles. The first-order valence-electron chi connectivity index (χ1n) is 10.6. The lowest BCUT2D eigenvalue weighted by molar-refractivity contribution is 0.0928. The molecule has 1 amide bonds. The van der Waals surface area contributed by atoms with Gasteiger partial charge in [-0.3, -0.25) is 4.79 Å². The van der Waals surface area contributed by atoms with Crippen LogP contribution in [0.2, 0.25) is 0 Å². The van der Waals surface area contributed by atoms with E-state index in [1.165, 1.54) is 24.0 Å². The molecule has 4 rings (SSSR count). The molecule has 1 unspecified atom stereocenters. The minimum atomic E-state index is -0.0211. The summed E-state index contributed by atoms with van der Waals surface area (Å²) in [4.78, 5) is 16.4. The van der Waals surface area contributed by atoms with Gasteiger partial charge in [-0.15, -0.1) is 0 Å². The van der Waals surface area contributed by atoms with E-state index in [4.69, 9.17) is 0 Å². The summed E-state index contributed by atoms with van der Waals surface area (Å²) in [6.45, 7) is 4.23. The monoisotopic (exact) mass is 407 g/mol. The Hall–Kier alpha value is -2.40. The molecule has 1 aliphatic rings. The molecule has 0 fully saturated rings. The number of nitrogens with one attached hydrogen (secondary N) is 3. The summed E-state index contributed by atoms with van der Waals surface area (Å²) in [6.07, 6.45) is 5.61. The van der Waals surface area contributed by atoms with Crippen LogP contribution in [0.3, 0.4) is 0 Å². The van der Waals surface area contributed by atoms with E-state index in [2.05, 4.69) is 64.4 Å². The number of rotatable bonds is 7. The van der Waals surface area contributed by atoms with Crippen LogP contribution in [0.1, 0.15) is 65.8 Å². The van der Waals surface area contributed by atoms with E-state index < -0.39 is 0 Å². The molecule has 3 aromatic rings. The normalized spacial score (nSPS) is 15.9. The van der Waals surface area contributed by atoms with Gasteiger partial charge in [0.05, 0.1) is 6.04 Å². The number of unbranched alkanes of at least 4 members (excludes halogenated alkanes) is 1. The van der Waals surface area contributed by atoms with Crippen LogP contribution >= 0.6 is 11.9 Å². The summed E-state index contributed by atoms with van der Waals surface area (Å²) in [5.41, 5.74) is 6.36. The maximum Gasteiger partial charge on any atom is 0.268 e. The smallest absolute Gasteiger partial charge is 0.268 e. The first-order valence-corrected chi connectivity index (χ1v) is 11.5. The van der Waals surface area contributed by atoms with Crippen LogP contribution in [-0.4, -0.2) is 16.6 Å². The molecule has 152 valence electrons. The highest BCUT2D eigenvalue weighted by Crippen LogP contribution is 2.31. The molecule has 0 saturated carbocycles. The van der Waals surface area contributed by atoms with Crippen LogP contribution in [-0.2, 0) is 6.42 Å². The van der Waals surface area contributed by atoms with E-state index in [1.54, 1.807) is 11.9 Å². The average molecular weight is 408 g/mol. The highest BCUT2D eigenvalue weighted by molar-refractivity contribution is 8.00. The lowest BCUT2D eigenvalue weighted by atomic mass is 9.87. The van der Waals surface area contributed by atoms with Gasteiger partial charge in [-0.25, -0.2) is 0 Å². The molecule has 0 saturated heterocycles. The van der Waals surface area contributed by atoms with Crippen molar-refractivity contribution < 1.29 is 4.79 Å². The predicted octanol–water partition coefficient (Wildman–Crippen LogP) is 6.14. The number of anilines is 1. The summed E-state index contributed by atoms with van der Waals surface area (Å²) in [6, 6.07) is 14.8. The Labute approximate surface area is 177 Å². The van der Waals surface area contributed by atoms with Crippen molar-refractivity contribution in [3.63, 3.8) is 0 Å². The summed E-state index contributed by atoms with van der Waals surface area (Å²) in [7, 11) is 0. The molecule has 0 aliphatic heterocycles. The highest BCUT2D eigenvalue weighted by Gasteiger charge is 2.23. The van der Waals surface area contributed by atoms with Gasteiger partial charge < -0.3 is 15.0 Å². The number of amides is 1. The molecule has 1 aromatic heterocycles. The van der Waals surface area contributed by atoms with Crippen molar-refractivity contribution in [1.82, 2.24) is 10.3 Å². The number of fused-ring (bicyclic) bond motifs is 2. The maximum absolute atomic E-state index is 13.1. The first kappa shape index (κ1) is 19.9. The van der Waals surface area contributed by atoms with Crippen molar-refractivity contribution in [2.75, 3.05) is 10.5 Å². The van der Waals surface area contributed by atoms with Gasteiger partial charge in [0.25, 0.3) is 5.91 Å². The van der Waals surface area contributed by atoms with Gasteiger partial charge in [-0.2, -0.15) is 0 Å². The summed E-state index contributed by atoms with van der Waals surface area (Å²) >= 11 is 1.74. The topological polar surface area (TPSA) is 56.9 Å². The fourth-order valence-electron chi connectivity index (χ4n) is 4.10. The third kappa shape index (κ3) is 4.30. The van der Waals surface area contributed by atoms with Gasteiger partial charge in [0.2, 0.25) is 0 Å². The van der Waals surface area contributed by atoms with Gasteiger partial charge in [-0.05, 0) is 67.5 Å². The zero-order valence-electron chi connectivity index (χ0n) is 17.2. The number of carbonyl (C=O) groups excluding carboxylic acids is 1. The van der Waals surface area contributed by atoms with Crippen LogP contribution in [0.25, 0.3) is 10.9 Å². The molecule has 4 nitrogen and oxygen atoms in total. The quantitative estimate of drug-likeness (QED) is 0.325. The Morgan fingerprint density at radius 2 is 2.10 bits per heavy atom. The third-order valence-electron chi connectivity index (χ3n) is 5.75. The fourth-order valence-corrected chi connectivity index (χ4v) is 4.93. The van der Waals surface area contributed by atoms with Gasteiger partial charge in [0.1, 0.15) is 5.69 Å². The van der Waals surface area contributed by atoms with Gasteiger partial charge in [-0.1, -0.05) is 49.6 Å². The van der Waals surface area contributed by atoms with Crippen LogP contribution in [0.4, 0.5) is 5.69 Å². The molecule has 1 atom stereocenters.